The summed E-state index contributed by atoms with van der Waals surface area (Å²) in [4.78, 5) is 0. The quantitative estimate of drug-likeness (QED) is 0.357. The van der Waals surface area contributed by atoms with Gasteiger partial charge in [0, 0.05) is 0 Å². The van der Waals surface area contributed by atoms with Crippen molar-refractivity contribution in [2.75, 3.05) is 13.2 Å². The second kappa shape index (κ2) is 5.45. The van der Waals surface area contributed by atoms with Gasteiger partial charge in [-0.05, 0) is 6.92 Å². The SMILES string of the molecule is CC(O)COC(CO)C(O)O. The van der Waals surface area contributed by atoms with Crippen molar-refractivity contribution in [3.05, 3.63) is 0 Å². The van der Waals surface area contributed by atoms with Crippen LogP contribution < -0.4 is 0 Å². The Morgan fingerprint density at radius 3 is 2.09 bits per heavy atom. The number of ether oxygens (including phenoxy) is 1. The molecule has 0 aromatic heterocycles. The summed E-state index contributed by atoms with van der Waals surface area (Å²) in [6.07, 6.45) is -3.42. The molecule has 0 saturated carbocycles. The summed E-state index contributed by atoms with van der Waals surface area (Å²) < 4.78 is 4.71. The van der Waals surface area contributed by atoms with Crippen LogP contribution in [-0.4, -0.2) is 52.1 Å². The van der Waals surface area contributed by atoms with Gasteiger partial charge < -0.3 is 25.2 Å². The molecule has 0 aromatic carbocycles. The van der Waals surface area contributed by atoms with Crippen LogP contribution in [0.5, 0.6) is 0 Å². The van der Waals surface area contributed by atoms with Crippen LogP contribution in [0.15, 0.2) is 0 Å². The Bertz CT molecular complexity index is 93.0. The smallest absolute Gasteiger partial charge is 0.180 e. The molecule has 0 amide bonds. The van der Waals surface area contributed by atoms with Gasteiger partial charge in [0.05, 0.1) is 19.3 Å². The standard InChI is InChI=1S/C6H14O5/c1-4(8)3-11-5(2-7)6(9)10/h4-10H,2-3H2,1H3. The molecule has 0 heterocycles. The predicted molar refractivity (Wildman–Crippen MR) is 36.7 cm³/mol. The number of aliphatic hydroxyl groups is 4. The van der Waals surface area contributed by atoms with Gasteiger partial charge in [0.1, 0.15) is 6.10 Å². The normalized spacial score (nSPS) is 16.9. The Hall–Kier alpha value is -0.200. The minimum atomic E-state index is -1.71. The van der Waals surface area contributed by atoms with Gasteiger partial charge in [-0.1, -0.05) is 0 Å². The van der Waals surface area contributed by atoms with Crippen LogP contribution in [0.1, 0.15) is 6.92 Å². The van der Waals surface area contributed by atoms with Gasteiger partial charge in [0.15, 0.2) is 6.29 Å². The van der Waals surface area contributed by atoms with E-state index in [4.69, 9.17) is 25.2 Å². The lowest BCUT2D eigenvalue weighted by Gasteiger charge is -2.17. The lowest BCUT2D eigenvalue weighted by atomic mass is 10.3. The minimum Gasteiger partial charge on any atom is -0.393 e. The minimum absolute atomic E-state index is 0.0250. The highest BCUT2D eigenvalue weighted by molar-refractivity contribution is 4.57. The molecule has 0 aliphatic rings. The average Bonchev–Trinajstić information content (AvgIpc) is 1.87. The zero-order chi connectivity index (χ0) is 8.85. The summed E-state index contributed by atoms with van der Waals surface area (Å²) in [5.41, 5.74) is 0. The third-order valence-corrected chi connectivity index (χ3v) is 1.06. The van der Waals surface area contributed by atoms with Gasteiger partial charge >= 0.3 is 0 Å². The van der Waals surface area contributed by atoms with Crippen molar-refractivity contribution < 1.29 is 25.2 Å². The van der Waals surface area contributed by atoms with Gasteiger partial charge in [-0.3, -0.25) is 0 Å². The van der Waals surface area contributed by atoms with E-state index in [9.17, 15) is 0 Å². The van der Waals surface area contributed by atoms with Crippen molar-refractivity contribution in [1.29, 1.82) is 0 Å². The lowest BCUT2D eigenvalue weighted by molar-refractivity contribution is -0.166. The van der Waals surface area contributed by atoms with Gasteiger partial charge in [0.2, 0.25) is 0 Å². The van der Waals surface area contributed by atoms with Gasteiger partial charge in [-0.15, -0.1) is 0 Å². The summed E-state index contributed by atoms with van der Waals surface area (Å²) in [5.74, 6) is 0. The monoisotopic (exact) mass is 166 g/mol. The second-order valence-corrected chi connectivity index (χ2v) is 2.32. The molecular formula is C6H14O5. The van der Waals surface area contributed by atoms with Crippen LogP contribution in [0.4, 0.5) is 0 Å². The molecule has 4 N–H and O–H groups in total. The van der Waals surface area contributed by atoms with Gasteiger partial charge in [-0.2, -0.15) is 0 Å². The van der Waals surface area contributed by atoms with E-state index in [1.54, 1.807) is 0 Å². The Morgan fingerprint density at radius 1 is 1.27 bits per heavy atom. The van der Waals surface area contributed by atoms with Crippen LogP contribution in [-0.2, 0) is 4.74 Å². The molecule has 5 heteroatoms. The molecule has 11 heavy (non-hydrogen) atoms. The fraction of sp³-hybridized carbons (Fsp3) is 1.00. The Balaban J connectivity index is 3.52. The van der Waals surface area contributed by atoms with Crippen LogP contribution >= 0.6 is 0 Å². The summed E-state index contributed by atoms with van der Waals surface area (Å²) in [6, 6.07) is 0. The first-order chi connectivity index (χ1) is 5.07. The number of rotatable bonds is 5. The maximum absolute atomic E-state index is 8.71. The molecule has 0 saturated heterocycles. The molecule has 0 spiro atoms. The predicted octanol–water partition coefficient (Wildman–Crippen LogP) is -1.94. The van der Waals surface area contributed by atoms with E-state index < -0.39 is 25.1 Å². The molecule has 0 rings (SSSR count). The first-order valence-corrected chi connectivity index (χ1v) is 3.34. The molecule has 2 atom stereocenters. The van der Waals surface area contributed by atoms with Crippen molar-refractivity contribution in [3.63, 3.8) is 0 Å². The van der Waals surface area contributed by atoms with E-state index in [1.807, 2.05) is 0 Å². The largest absolute Gasteiger partial charge is 0.393 e. The summed E-state index contributed by atoms with van der Waals surface area (Å²) in [6.45, 7) is 0.991. The van der Waals surface area contributed by atoms with Crippen LogP contribution in [0, 0.1) is 0 Å². The van der Waals surface area contributed by atoms with Crippen LogP contribution in [0.25, 0.3) is 0 Å². The first-order valence-electron chi connectivity index (χ1n) is 3.34. The van der Waals surface area contributed by atoms with E-state index in [0.717, 1.165) is 0 Å². The van der Waals surface area contributed by atoms with E-state index in [1.165, 1.54) is 6.92 Å². The zero-order valence-electron chi connectivity index (χ0n) is 6.34. The van der Waals surface area contributed by atoms with E-state index >= 15 is 0 Å². The van der Waals surface area contributed by atoms with Crippen molar-refractivity contribution in [2.24, 2.45) is 0 Å². The molecule has 5 nitrogen and oxygen atoms in total. The Labute approximate surface area is 64.9 Å². The summed E-state index contributed by atoms with van der Waals surface area (Å²) in [5, 5.41) is 34.2. The summed E-state index contributed by atoms with van der Waals surface area (Å²) >= 11 is 0. The highest BCUT2D eigenvalue weighted by Crippen LogP contribution is 1.96. The molecular weight excluding hydrogens is 152 g/mol. The average molecular weight is 166 g/mol. The zero-order valence-corrected chi connectivity index (χ0v) is 6.34. The maximum atomic E-state index is 8.71. The molecule has 2 unspecified atom stereocenters. The van der Waals surface area contributed by atoms with E-state index in [-0.39, 0.29) is 6.61 Å². The number of hydrogen-bond donors (Lipinski definition) is 4. The molecule has 0 aliphatic carbocycles. The van der Waals surface area contributed by atoms with Crippen molar-refractivity contribution in [3.8, 4) is 0 Å². The van der Waals surface area contributed by atoms with Crippen molar-refractivity contribution >= 4 is 0 Å². The molecule has 0 radical (unpaired) electrons. The molecule has 0 aliphatic heterocycles. The summed E-state index contributed by atoms with van der Waals surface area (Å²) in [7, 11) is 0. The van der Waals surface area contributed by atoms with Crippen molar-refractivity contribution in [1.82, 2.24) is 0 Å². The second-order valence-electron chi connectivity index (χ2n) is 2.32. The Kier molecular flexibility index (Phi) is 5.35. The highest BCUT2D eigenvalue weighted by atomic mass is 16.6. The lowest BCUT2D eigenvalue weighted by Crippen LogP contribution is -2.34. The third-order valence-electron chi connectivity index (χ3n) is 1.06. The topological polar surface area (TPSA) is 90.2 Å². The first kappa shape index (κ1) is 10.8. The Morgan fingerprint density at radius 2 is 1.82 bits per heavy atom. The van der Waals surface area contributed by atoms with Crippen LogP contribution in [0.3, 0.4) is 0 Å². The third kappa shape index (κ3) is 5.11. The van der Waals surface area contributed by atoms with E-state index in [0.29, 0.717) is 0 Å². The number of aliphatic hydroxyl groups excluding tert-OH is 3. The highest BCUT2D eigenvalue weighted by Gasteiger charge is 2.16. The maximum Gasteiger partial charge on any atom is 0.180 e. The molecule has 0 fully saturated rings. The number of hydrogen-bond acceptors (Lipinski definition) is 5. The fourth-order valence-electron chi connectivity index (χ4n) is 0.496. The molecule has 0 bridgehead atoms. The fourth-order valence-corrected chi connectivity index (χ4v) is 0.496. The molecule has 68 valence electrons. The van der Waals surface area contributed by atoms with Gasteiger partial charge in [0.25, 0.3) is 0 Å². The van der Waals surface area contributed by atoms with E-state index in [2.05, 4.69) is 0 Å². The molecule has 0 aromatic rings. The van der Waals surface area contributed by atoms with Crippen LogP contribution in [0.2, 0.25) is 0 Å². The van der Waals surface area contributed by atoms with Crippen molar-refractivity contribution in [2.45, 2.75) is 25.4 Å². The van der Waals surface area contributed by atoms with Gasteiger partial charge in [-0.25, -0.2) is 0 Å².